The van der Waals surface area contributed by atoms with Crippen LogP contribution in [-0.4, -0.2) is 29.6 Å². The second-order valence-corrected chi connectivity index (χ2v) is 4.64. The molecule has 0 aromatic heterocycles. The highest BCUT2D eigenvalue weighted by atomic mass is 32.2. The van der Waals surface area contributed by atoms with Crippen molar-refractivity contribution in [2.75, 3.05) is 12.4 Å². The van der Waals surface area contributed by atoms with Gasteiger partial charge in [0.25, 0.3) is 0 Å². The van der Waals surface area contributed by atoms with Crippen molar-refractivity contribution in [2.45, 2.75) is 37.5 Å². The third-order valence-corrected chi connectivity index (χ3v) is 3.55. The van der Waals surface area contributed by atoms with Gasteiger partial charge >= 0.3 is 5.97 Å². The van der Waals surface area contributed by atoms with Gasteiger partial charge in [0.1, 0.15) is 6.04 Å². The van der Waals surface area contributed by atoms with Crippen LogP contribution < -0.4 is 5.73 Å². The van der Waals surface area contributed by atoms with Crippen molar-refractivity contribution < 1.29 is 9.53 Å². The predicted molar refractivity (Wildman–Crippen MR) is 54.7 cm³/mol. The second-order valence-electron chi connectivity index (χ2n) is 3.23. The van der Waals surface area contributed by atoms with Crippen LogP contribution in [0.2, 0.25) is 0 Å². The molecule has 0 amide bonds. The molecule has 0 bridgehead atoms. The van der Waals surface area contributed by atoms with E-state index in [4.69, 9.17) is 10.5 Å². The Hall–Kier alpha value is -0.220. The third kappa shape index (κ3) is 3.56. The SMILES string of the molecule is CCOC(=O)[C@@H](N)C[C@@H]1CCCS1. The molecule has 1 rings (SSSR count). The van der Waals surface area contributed by atoms with Crippen LogP contribution in [0, 0.1) is 0 Å². The van der Waals surface area contributed by atoms with E-state index in [2.05, 4.69) is 0 Å². The summed E-state index contributed by atoms with van der Waals surface area (Å²) in [5.74, 6) is 0.954. The average Bonchev–Trinajstić information content (AvgIpc) is 2.57. The van der Waals surface area contributed by atoms with E-state index in [1.165, 1.54) is 18.6 Å². The molecular weight excluding hydrogens is 186 g/mol. The first-order valence-electron chi connectivity index (χ1n) is 4.78. The van der Waals surface area contributed by atoms with Crippen molar-refractivity contribution in [3.63, 3.8) is 0 Å². The molecule has 0 spiro atoms. The molecular formula is C9H17NO2S. The Labute approximate surface area is 83.4 Å². The van der Waals surface area contributed by atoms with Crippen LogP contribution in [0.4, 0.5) is 0 Å². The number of esters is 1. The molecule has 0 aromatic rings. The molecule has 3 nitrogen and oxygen atoms in total. The zero-order valence-electron chi connectivity index (χ0n) is 7.99. The van der Waals surface area contributed by atoms with E-state index >= 15 is 0 Å². The molecule has 76 valence electrons. The van der Waals surface area contributed by atoms with E-state index in [9.17, 15) is 4.79 Å². The van der Waals surface area contributed by atoms with Gasteiger partial charge in [0, 0.05) is 5.25 Å². The third-order valence-electron chi connectivity index (χ3n) is 2.13. The lowest BCUT2D eigenvalue weighted by atomic mass is 10.1. The number of carbonyl (C=O) groups is 1. The van der Waals surface area contributed by atoms with Gasteiger partial charge in [0.15, 0.2) is 0 Å². The fourth-order valence-electron chi connectivity index (χ4n) is 1.46. The van der Waals surface area contributed by atoms with Crippen LogP contribution in [0.25, 0.3) is 0 Å². The van der Waals surface area contributed by atoms with Crippen molar-refractivity contribution in [2.24, 2.45) is 5.73 Å². The van der Waals surface area contributed by atoms with Crippen molar-refractivity contribution in [3.8, 4) is 0 Å². The van der Waals surface area contributed by atoms with Crippen molar-refractivity contribution in [3.05, 3.63) is 0 Å². The molecule has 0 radical (unpaired) electrons. The van der Waals surface area contributed by atoms with Crippen LogP contribution >= 0.6 is 11.8 Å². The monoisotopic (exact) mass is 203 g/mol. The normalized spacial score (nSPS) is 24.3. The number of rotatable bonds is 4. The van der Waals surface area contributed by atoms with Crippen molar-refractivity contribution >= 4 is 17.7 Å². The quantitative estimate of drug-likeness (QED) is 0.697. The molecule has 0 aliphatic carbocycles. The zero-order chi connectivity index (χ0) is 9.68. The summed E-state index contributed by atoms with van der Waals surface area (Å²) in [5.41, 5.74) is 5.70. The lowest BCUT2D eigenvalue weighted by Gasteiger charge is -2.14. The maximum atomic E-state index is 11.2. The van der Waals surface area contributed by atoms with Crippen LogP contribution in [-0.2, 0) is 9.53 Å². The number of hydrogen-bond acceptors (Lipinski definition) is 4. The highest BCUT2D eigenvalue weighted by molar-refractivity contribution is 8.00. The molecule has 0 unspecified atom stereocenters. The highest BCUT2D eigenvalue weighted by Crippen LogP contribution is 2.29. The zero-order valence-corrected chi connectivity index (χ0v) is 8.81. The fourth-order valence-corrected chi connectivity index (χ4v) is 2.80. The molecule has 1 fully saturated rings. The van der Waals surface area contributed by atoms with E-state index in [-0.39, 0.29) is 5.97 Å². The first-order valence-corrected chi connectivity index (χ1v) is 5.82. The Balaban J connectivity index is 2.22. The summed E-state index contributed by atoms with van der Waals surface area (Å²) in [6.07, 6.45) is 3.21. The summed E-state index contributed by atoms with van der Waals surface area (Å²) in [6.45, 7) is 2.22. The maximum Gasteiger partial charge on any atom is 0.322 e. The van der Waals surface area contributed by atoms with E-state index < -0.39 is 6.04 Å². The Kier molecular flexibility index (Phi) is 4.59. The number of ether oxygens (including phenoxy) is 1. The minimum absolute atomic E-state index is 0.255. The van der Waals surface area contributed by atoms with Crippen molar-refractivity contribution in [1.82, 2.24) is 0 Å². The Morgan fingerprint density at radius 3 is 3.08 bits per heavy atom. The van der Waals surface area contributed by atoms with Gasteiger partial charge in [-0.2, -0.15) is 11.8 Å². The van der Waals surface area contributed by atoms with E-state index in [1.807, 2.05) is 11.8 Å². The van der Waals surface area contributed by atoms with E-state index in [1.54, 1.807) is 6.92 Å². The predicted octanol–water partition coefficient (Wildman–Crippen LogP) is 1.16. The van der Waals surface area contributed by atoms with Crippen LogP contribution in [0.5, 0.6) is 0 Å². The largest absolute Gasteiger partial charge is 0.465 e. The summed E-state index contributed by atoms with van der Waals surface area (Å²) >= 11 is 1.92. The first-order chi connectivity index (χ1) is 6.24. The maximum absolute atomic E-state index is 11.2. The summed E-state index contributed by atoms with van der Waals surface area (Å²) in [5, 5.41) is 0.569. The topological polar surface area (TPSA) is 52.3 Å². The fraction of sp³-hybridized carbons (Fsp3) is 0.889. The molecule has 1 aliphatic rings. The number of hydrogen-bond donors (Lipinski definition) is 1. The number of carbonyl (C=O) groups excluding carboxylic acids is 1. The molecule has 1 heterocycles. The molecule has 0 aromatic carbocycles. The molecule has 4 heteroatoms. The first kappa shape index (κ1) is 10.9. The minimum atomic E-state index is -0.421. The van der Waals surface area contributed by atoms with Gasteiger partial charge < -0.3 is 10.5 Å². The summed E-state index contributed by atoms with van der Waals surface area (Å²) in [6, 6.07) is -0.421. The van der Waals surface area contributed by atoms with Gasteiger partial charge in [-0.3, -0.25) is 4.79 Å². The molecule has 1 saturated heterocycles. The van der Waals surface area contributed by atoms with Crippen LogP contribution in [0.3, 0.4) is 0 Å². The Morgan fingerprint density at radius 2 is 2.54 bits per heavy atom. The van der Waals surface area contributed by atoms with Gasteiger partial charge in [-0.1, -0.05) is 0 Å². The standard InChI is InChI=1S/C9H17NO2S/c1-2-12-9(11)8(10)6-7-4-3-5-13-7/h7-8H,2-6,10H2,1H3/t7-,8-/m0/s1. The van der Waals surface area contributed by atoms with E-state index in [0.29, 0.717) is 11.9 Å². The molecule has 2 atom stereocenters. The molecule has 0 saturated carbocycles. The van der Waals surface area contributed by atoms with Crippen LogP contribution in [0.1, 0.15) is 26.2 Å². The van der Waals surface area contributed by atoms with Crippen LogP contribution in [0.15, 0.2) is 0 Å². The van der Waals surface area contributed by atoms with Gasteiger partial charge in [0.05, 0.1) is 6.61 Å². The summed E-state index contributed by atoms with van der Waals surface area (Å²) in [4.78, 5) is 11.2. The van der Waals surface area contributed by atoms with E-state index in [0.717, 1.165) is 6.42 Å². The smallest absolute Gasteiger partial charge is 0.322 e. The number of nitrogens with two attached hydrogens (primary N) is 1. The molecule has 13 heavy (non-hydrogen) atoms. The van der Waals surface area contributed by atoms with Gasteiger partial charge in [-0.05, 0) is 31.9 Å². The summed E-state index contributed by atoms with van der Waals surface area (Å²) < 4.78 is 4.84. The Bertz CT molecular complexity index is 169. The molecule has 1 aliphatic heterocycles. The van der Waals surface area contributed by atoms with Gasteiger partial charge in [-0.25, -0.2) is 0 Å². The lowest BCUT2D eigenvalue weighted by molar-refractivity contribution is -0.144. The minimum Gasteiger partial charge on any atom is -0.465 e. The summed E-state index contributed by atoms with van der Waals surface area (Å²) in [7, 11) is 0. The average molecular weight is 203 g/mol. The van der Waals surface area contributed by atoms with Gasteiger partial charge in [-0.15, -0.1) is 0 Å². The number of thioether (sulfide) groups is 1. The highest BCUT2D eigenvalue weighted by Gasteiger charge is 2.23. The lowest BCUT2D eigenvalue weighted by Crippen LogP contribution is -2.34. The van der Waals surface area contributed by atoms with Gasteiger partial charge in [0.2, 0.25) is 0 Å². The van der Waals surface area contributed by atoms with Crippen molar-refractivity contribution in [1.29, 1.82) is 0 Å². The second kappa shape index (κ2) is 5.50. The Morgan fingerprint density at radius 1 is 1.77 bits per heavy atom. The molecule has 2 N–H and O–H groups in total.